The highest BCUT2D eigenvalue weighted by Gasteiger charge is 2.28. The maximum Gasteiger partial charge on any atom is 0.326 e. The molecule has 1 aromatic rings. The number of aliphatic carboxylic acids is 1. The smallest absolute Gasteiger partial charge is 0.326 e. The van der Waals surface area contributed by atoms with Crippen LogP contribution in [0.1, 0.15) is 32.3 Å². The normalized spacial score (nSPS) is 16.3. The molecule has 0 bridgehead atoms. The quantitative estimate of drug-likeness (QED) is 0.191. The van der Waals surface area contributed by atoms with E-state index < -0.39 is 33.9 Å². The number of nitrogens with one attached hydrogen (secondary N) is 2. The van der Waals surface area contributed by atoms with Crippen LogP contribution in [-0.4, -0.2) is 80.5 Å². The molecular weight excluding hydrogens is 478 g/mol. The summed E-state index contributed by atoms with van der Waals surface area (Å²) >= 11 is 4.21. The third-order valence-electron chi connectivity index (χ3n) is 5.63. The lowest BCUT2D eigenvalue weighted by Crippen LogP contribution is -2.50. The van der Waals surface area contributed by atoms with Crippen LogP contribution in [0.3, 0.4) is 0 Å². The molecule has 0 aliphatic rings. The highest BCUT2D eigenvalue weighted by molar-refractivity contribution is 7.90. The van der Waals surface area contributed by atoms with Crippen molar-refractivity contribution in [2.45, 2.75) is 57.3 Å². The molecule has 11 heteroatoms. The highest BCUT2D eigenvalue weighted by Crippen LogP contribution is 2.13. The topological polar surface area (TPSA) is 148 Å². The molecule has 34 heavy (non-hydrogen) atoms. The van der Waals surface area contributed by atoms with E-state index >= 15 is 0 Å². The van der Waals surface area contributed by atoms with Gasteiger partial charge in [-0.1, -0.05) is 50.6 Å². The summed E-state index contributed by atoms with van der Waals surface area (Å²) in [5, 5.41) is 15.3. The van der Waals surface area contributed by atoms with Gasteiger partial charge in [-0.05, 0) is 17.9 Å². The number of hydrogen-bond donors (Lipinski definition) is 5. The van der Waals surface area contributed by atoms with Crippen LogP contribution >= 0.6 is 12.6 Å². The van der Waals surface area contributed by atoms with E-state index in [2.05, 4.69) is 37.1 Å². The number of carbonyl (C=O) groups excluding carboxylic acids is 1. The van der Waals surface area contributed by atoms with Gasteiger partial charge in [-0.25, -0.2) is 13.2 Å². The van der Waals surface area contributed by atoms with Crippen LogP contribution < -0.4 is 16.4 Å². The zero-order valence-electron chi connectivity index (χ0n) is 20.1. The zero-order valence-corrected chi connectivity index (χ0v) is 21.9. The molecule has 1 unspecified atom stereocenters. The number of carboxylic acid groups (broad SMARTS) is 1. The van der Waals surface area contributed by atoms with Crippen molar-refractivity contribution in [3.63, 3.8) is 0 Å². The van der Waals surface area contributed by atoms with E-state index in [0.29, 0.717) is 12.3 Å². The number of carbonyl (C=O) groups is 2. The molecule has 0 saturated heterocycles. The van der Waals surface area contributed by atoms with Crippen LogP contribution in [0, 0.1) is 5.92 Å². The molecule has 0 aliphatic heterocycles. The van der Waals surface area contributed by atoms with Crippen LogP contribution in [0.15, 0.2) is 30.3 Å². The second-order valence-electron chi connectivity index (χ2n) is 8.67. The first-order chi connectivity index (χ1) is 16.0. The lowest BCUT2D eigenvalue weighted by Gasteiger charge is -2.28. The average molecular weight is 518 g/mol. The number of hydrogen-bond acceptors (Lipinski definition) is 8. The molecule has 0 spiro atoms. The van der Waals surface area contributed by atoms with Crippen molar-refractivity contribution in [2.24, 2.45) is 11.7 Å². The Balaban J connectivity index is 2.97. The second-order valence-corrected chi connectivity index (χ2v) is 11.3. The Kier molecular flexibility index (Phi) is 13.7. The predicted octanol–water partition coefficient (Wildman–Crippen LogP) is 0.880. The van der Waals surface area contributed by atoms with Gasteiger partial charge in [-0.3, -0.25) is 4.79 Å². The summed E-state index contributed by atoms with van der Waals surface area (Å²) in [5.41, 5.74) is 6.83. The molecule has 0 heterocycles. The van der Waals surface area contributed by atoms with E-state index in [4.69, 9.17) is 10.5 Å². The number of sulfone groups is 1. The fraction of sp³-hybridized carbons (Fsp3) is 0.652. The monoisotopic (exact) mass is 517 g/mol. The summed E-state index contributed by atoms with van der Waals surface area (Å²) in [7, 11) is -3.38. The Morgan fingerprint density at radius 2 is 1.88 bits per heavy atom. The van der Waals surface area contributed by atoms with Crippen LogP contribution in [0.25, 0.3) is 0 Å². The van der Waals surface area contributed by atoms with Gasteiger partial charge in [0.25, 0.3) is 0 Å². The average Bonchev–Trinajstić information content (AvgIpc) is 2.79. The zero-order chi connectivity index (χ0) is 25.7. The Bertz CT molecular complexity index is 854. The van der Waals surface area contributed by atoms with Crippen molar-refractivity contribution in [1.82, 2.24) is 10.6 Å². The lowest BCUT2D eigenvalue weighted by molar-refractivity contribution is -0.144. The van der Waals surface area contributed by atoms with Gasteiger partial charge >= 0.3 is 5.97 Å². The summed E-state index contributed by atoms with van der Waals surface area (Å²) in [4.78, 5) is 24.7. The number of ether oxygens (including phenoxy) is 1. The lowest BCUT2D eigenvalue weighted by atomic mass is 9.99. The third kappa shape index (κ3) is 12.2. The maximum atomic E-state index is 13.1. The van der Waals surface area contributed by atoms with E-state index in [9.17, 15) is 23.1 Å². The predicted molar refractivity (Wildman–Crippen MR) is 137 cm³/mol. The number of benzene rings is 1. The van der Waals surface area contributed by atoms with Gasteiger partial charge in [0.05, 0.1) is 12.4 Å². The van der Waals surface area contributed by atoms with E-state index in [1.165, 1.54) is 0 Å². The minimum atomic E-state index is -3.38. The van der Waals surface area contributed by atoms with Gasteiger partial charge in [0.2, 0.25) is 5.91 Å². The number of rotatable bonds is 17. The molecule has 0 fully saturated rings. The first-order valence-electron chi connectivity index (χ1n) is 11.4. The third-order valence-corrected chi connectivity index (χ3v) is 7.08. The Morgan fingerprint density at radius 1 is 1.24 bits per heavy atom. The van der Waals surface area contributed by atoms with Crippen molar-refractivity contribution >= 4 is 34.3 Å². The standard InChI is InChI=1S/C23H39N3O6S2/c1-4-16(2)20(25-13-18(24)15-33)14-32-21(12-17-8-6-5-7-9-17)22(27)26-19(23(28)29)10-11-34(3,30)31/h5-9,16,18-21,25,33H,4,10-15,24H2,1-3H3,(H,26,27)(H,28,29)/t16?,18-,19+,20+,21+/m1/s1. The number of thiol groups is 1. The maximum absolute atomic E-state index is 13.1. The Labute approximate surface area is 208 Å². The van der Waals surface area contributed by atoms with Crippen LogP contribution in [-0.2, 0) is 30.6 Å². The molecule has 1 aromatic carbocycles. The molecule has 1 amide bonds. The van der Waals surface area contributed by atoms with E-state index in [1.54, 1.807) is 0 Å². The molecule has 0 saturated carbocycles. The SMILES string of the molecule is CCC(C)[C@H](CO[C@@H](Cc1ccccc1)C(=O)N[C@@H](CCS(C)(=O)=O)C(=O)O)NC[C@@H](N)CS. The minimum absolute atomic E-state index is 0.0671. The Hall–Kier alpha value is -1.66. The molecule has 0 radical (unpaired) electrons. The van der Waals surface area contributed by atoms with Crippen molar-refractivity contribution in [1.29, 1.82) is 0 Å². The summed E-state index contributed by atoms with van der Waals surface area (Å²) in [6, 6.07) is 7.75. The van der Waals surface area contributed by atoms with Gasteiger partial charge in [0.1, 0.15) is 22.0 Å². The van der Waals surface area contributed by atoms with Gasteiger partial charge in [-0.15, -0.1) is 0 Å². The van der Waals surface area contributed by atoms with Crippen molar-refractivity contribution < 1.29 is 27.9 Å². The van der Waals surface area contributed by atoms with E-state index in [-0.39, 0.29) is 43.2 Å². The van der Waals surface area contributed by atoms with Gasteiger partial charge in [0, 0.05) is 37.1 Å². The first kappa shape index (κ1) is 30.4. The van der Waals surface area contributed by atoms with Crippen molar-refractivity contribution in [2.75, 3.05) is 30.9 Å². The molecule has 9 nitrogen and oxygen atoms in total. The van der Waals surface area contributed by atoms with Crippen molar-refractivity contribution in [3.8, 4) is 0 Å². The van der Waals surface area contributed by atoms with Gasteiger partial charge < -0.3 is 26.2 Å². The molecular formula is C23H39N3O6S2. The van der Waals surface area contributed by atoms with Crippen molar-refractivity contribution in [3.05, 3.63) is 35.9 Å². The molecule has 5 N–H and O–H groups in total. The molecule has 194 valence electrons. The molecule has 1 rings (SSSR count). The Morgan fingerprint density at radius 3 is 2.41 bits per heavy atom. The number of nitrogens with two attached hydrogens (primary N) is 1. The summed E-state index contributed by atoms with van der Waals surface area (Å²) in [6.07, 6.45) is 0.982. The summed E-state index contributed by atoms with van der Waals surface area (Å²) in [6.45, 7) is 4.90. The van der Waals surface area contributed by atoms with Crippen LogP contribution in [0.5, 0.6) is 0 Å². The van der Waals surface area contributed by atoms with Crippen LogP contribution in [0.2, 0.25) is 0 Å². The first-order valence-corrected chi connectivity index (χ1v) is 14.1. The number of amides is 1. The van der Waals surface area contributed by atoms with Crippen LogP contribution in [0.4, 0.5) is 0 Å². The van der Waals surface area contributed by atoms with E-state index in [0.717, 1.165) is 18.2 Å². The molecule has 5 atom stereocenters. The summed E-state index contributed by atoms with van der Waals surface area (Å²) in [5.74, 6) is -1.46. The second kappa shape index (κ2) is 15.4. The largest absolute Gasteiger partial charge is 0.480 e. The minimum Gasteiger partial charge on any atom is -0.480 e. The van der Waals surface area contributed by atoms with E-state index in [1.807, 2.05) is 30.3 Å². The molecule has 0 aromatic heterocycles. The van der Waals surface area contributed by atoms with Gasteiger partial charge in [-0.2, -0.15) is 12.6 Å². The number of carboxylic acids is 1. The highest BCUT2D eigenvalue weighted by atomic mass is 32.2. The molecule has 0 aliphatic carbocycles. The fourth-order valence-corrected chi connectivity index (χ4v) is 4.00. The summed E-state index contributed by atoms with van der Waals surface area (Å²) < 4.78 is 29.0. The fourth-order valence-electron chi connectivity index (χ4n) is 3.21. The van der Waals surface area contributed by atoms with Gasteiger partial charge in [0.15, 0.2) is 0 Å².